The summed E-state index contributed by atoms with van der Waals surface area (Å²) in [6, 6.07) is 7.79. The molecular formula is C20H26ClN3O2. The molecule has 2 N–H and O–H groups in total. The molecular weight excluding hydrogens is 350 g/mol. The van der Waals surface area contributed by atoms with Crippen LogP contribution in [0, 0.1) is 11.8 Å². The average Bonchev–Trinajstić information content (AvgIpc) is 3.09. The molecule has 0 spiro atoms. The topological polar surface area (TPSA) is 69.2 Å². The highest BCUT2D eigenvalue weighted by Crippen LogP contribution is 2.30. The lowest BCUT2D eigenvalue weighted by Gasteiger charge is -2.31. The summed E-state index contributed by atoms with van der Waals surface area (Å²) in [6.45, 7) is 4.96. The van der Waals surface area contributed by atoms with Crippen molar-refractivity contribution < 1.29 is 9.90 Å². The van der Waals surface area contributed by atoms with Gasteiger partial charge in [0, 0.05) is 29.2 Å². The second-order valence-corrected chi connectivity index (χ2v) is 7.60. The van der Waals surface area contributed by atoms with E-state index in [1.165, 1.54) is 0 Å². The van der Waals surface area contributed by atoms with Gasteiger partial charge in [-0.2, -0.15) is 5.10 Å². The van der Waals surface area contributed by atoms with Crippen LogP contribution in [0.3, 0.4) is 0 Å². The second-order valence-electron chi connectivity index (χ2n) is 7.16. The van der Waals surface area contributed by atoms with E-state index in [0.29, 0.717) is 10.9 Å². The Bertz CT molecular complexity index is 738. The Morgan fingerprint density at radius 1 is 1.35 bits per heavy atom. The zero-order valence-corrected chi connectivity index (χ0v) is 15.9. The van der Waals surface area contributed by atoms with Crippen molar-refractivity contribution in [1.82, 2.24) is 15.1 Å². The first kappa shape index (κ1) is 18.9. The maximum atomic E-state index is 11.1. The predicted octanol–water partition coefficient (Wildman–Crippen LogP) is 4.44. The molecule has 0 unspecified atom stereocenters. The largest absolute Gasteiger partial charge is 0.481 e. The van der Waals surface area contributed by atoms with Crippen LogP contribution in [0.4, 0.5) is 0 Å². The molecule has 3 rings (SSSR count). The summed E-state index contributed by atoms with van der Waals surface area (Å²) in [4.78, 5) is 13.5. The summed E-state index contributed by atoms with van der Waals surface area (Å²) in [7, 11) is 0. The summed E-state index contributed by atoms with van der Waals surface area (Å²) in [5.41, 5.74) is 3.22. The molecule has 0 saturated heterocycles. The number of carboxylic acids is 1. The van der Waals surface area contributed by atoms with Gasteiger partial charge in [-0.25, -0.2) is 0 Å². The minimum atomic E-state index is -0.639. The van der Waals surface area contributed by atoms with Gasteiger partial charge in [0.25, 0.3) is 0 Å². The van der Waals surface area contributed by atoms with Gasteiger partial charge in [-0.15, -0.1) is 0 Å². The van der Waals surface area contributed by atoms with Gasteiger partial charge in [0.1, 0.15) is 0 Å². The molecule has 0 bridgehead atoms. The summed E-state index contributed by atoms with van der Waals surface area (Å²) >= 11 is 6.12. The van der Waals surface area contributed by atoms with Gasteiger partial charge < -0.3 is 5.11 Å². The first-order valence-electron chi connectivity index (χ1n) is 9.30. The highest BCUT2D eigenvalue weighted by Gasteiger charge is 2.27. The van der Waals surface area contributed by atoms with E-state index in [-0.39, 0.29) is 5.92 Å². The van der Waals surface area contributed by atoms with Crippen LogP contribution in [0.2, 0.25) is 5.02 Å². The van der Waals surface area contributed by atoms with Crippen LogP contribution < -0.4 is 0 Å². The lowest BCUT2D eigenvalue weighted by atomic mass is 9.82. The zero-order chi connectivity index (χ0) is 18.5. The van der Waals surface area contributed by atoms with Gasteiger partial charge in [0.05, 0.1) is 17.8 Å². The van der Waals surface area contributed by atoms with Crippen LogP contribution >= 0.6 is 11.6 Å². The molecule has 26 heavy (non-hydrogen) atoms. The molecule has 1 aromatic heterocycles. The Labute approximate surface area is 159 Å². The number of nitrogens with zero attached hydrogens (tertiary/aromatic N) is 2. The fraction of sp³-hybridized carbons (Fsp3) is 0.500. The van der Waals surface area contributed by atoms with Crippen molar-refractivity contribution in [1.29, 1.82) is 0 Å². The Kier molecular flexibility index (Phi) is 6.33. The number of aromatic amines is 1. The van der Waals surface area contributed by atoms with Crippen molar-refractivity contribution in [3.8, 4) is 11.3 Å². The van der Waals surface area contributed by atoms with Crippen molar-refractivity contribution >= 4 is 17.6 Å². The fourth-order valence-electron chi connectivity index (χ4n) is 3.83. The number of hydrogen-bond donors (Lipinski definition) is 2. The van der Waals surface area contributed by atoms with Crippen LogP contribution in [0.5, 0.6) is 0 Å². The number of aromatic nitrogens is 2. The average molecular weight is 376 g/mol. The molecule has 1 aromatic carbocycles. The molecule has 0 amide bonds. The summed E-state index contributed by atoms with van der Waals surface area (Å²) in [6.07, 6.45) is 5.49. The molecule has 1 aliphatic rings. The smallest absolute Gasteiger partial charge is 0.306 e. The van der Waals surface area contributed by atoms with Crippen molar-refractivity contribution in [2.75, 3.05) is 13.1 Å². The normalized spacial score (nSPS) is 20.4. The minimum absolute atomic E-state index is 0.148. The fourth-order valence-corrected chi connectivity index (χ4v) is 4.02. The van der Waals surface area contributed by atoms with E-state index in [4.69, 9.17) is 16.7 Å². The maximum Gasteiger partial charge on any atom is 0.306 e. The molecule has 1 heterocycles. The van der Waals surface area contributed by atoms with Crippen LogP contribution in [0.25, 0.3) is 11.3 Å². The lowest BCUT2D eigenvalue weighted by molar-refractivity contribution is -0.143. The van der Waals surface area contributed by atoms with E-state index in [9.17, 15) is 4.79 Å². The third-order valence-corrected chi connectivity index (χ3v) is 5.62. The van der Waals surface area contributed by atoms with Crippen molar-refractivity contribution in [3.63, 3.8) is 0 Å². The van der Waals surface area contributed by atoms with Gasteiger partial charge in [-0.3, -0.25) is 14.8 Å². The number of aliphatic carboxylic acids is 1. The van der Waals surface area contributed by atoms with Gasteiger partial charge in [-0.05, 0) is 50.3 Å². The number of halogens is 1. The third-order valence-electron chi connectivity index (χ3n) is 5.38. The molecule has 5 nitrogen and oxygen atoms in total. The second kappa shape index (κ2) is 8.69. The predicted molar refractivity (Wildman–Crippen MR) is 103 cm³/mol. The Balaban J connectivity index is 1.63. The molecule has 140 valence electrons. The van der Waals surface area contributed by atoms with Gasteiger partial charge in [-0.1, -0.05) is 30.7 Å². The molecule has 1 aliphatic carbocycles. The van der Waals surface area contributed by atoms with Gasteiger partial charge in [0.2, 0.25) is 0 Å². The standard InChI is InChI=1S/C20H26ClN3O2/c1-2-24(12-14-6-8-15(9-7-14)20(25)26)13-17-11-22-23-19(17)16-4-3-5-18(21)10-16/h3-5,10-11,14-15H,2,6-9,12-13H2,1H3,(H,22,23)(H,25,26). The van der Waals surface area contributed by atoms with E-state index in [1.54, 1.807) is 0 Å². The van der Waals surface area contributed by atoms with Crippen LogP contribution in [0.15, 0.2) is 30.5 Å². The van der Waals surface area contributed by atoms with Crippen LogP contribution in [-0.2, 0) is 11.3 Å². The summed E-state index contributed by atoms with van der Waals surface area (Å²) < 4.78 is 0. The number of carbonyl (C=O) groups is 1. The highest BCUT2D eigenvalue weighted by atomic mass is 35.5. The quantitative estimate of drug-likeness (QED) is 0.750. The minimum Gasteiger partial charge on any atom is -0.481 e. The SMILES string of the molecule is CCN(Cc1cn[nH]c1-c1cccc(Cl)c1)CC1CCC(C(=O)O)CC1. The molecule has 0 aliphatic heterocycles. The van der Waals surface area contributed by atoms with E-state index in [1.807, 2.05) is 30.5 Å². The number of carboxylic acid groups (broad SMARTS) is 1. The summed E-state index contributed by atoms with van der Waals surface area (Å²) in [5.74, 6) is -0.211. The summed E-state index contributed by atoms with van der Waals surface area (Å²) in [5, 5.41) is 17.2. The van der Waals surface area contributed by atoms with E-state index >= 15 is 0 Å². The first-order chi connectivity index (χ1) is 12.6. The lowest BCUT2D eigenvalue weighted by Crippen LogP contribution is -2.32. The Hall–Kier alpha value is -1.85. The van der Waals surface area contributed by atoms with E-state index in [2.05, 4.69) is 22.0 Å². The highest BCUT2D eigenvalue weighted by molar-refractivity contribution is 6.30. The number of rotatable bonds is 7. The number of nitrogens with one attached hydrogen (secondary N) is 1. The third kappa shape index (κ3) is 4.65. The zero-order valence-electron chi connectivity index (χ0n) is 15.1. The molecule has 0 atom stereocenters. The number of H-pyrrole nitrogens is 1. The number of hydrogen-bond acceptors (Lipinski definition) is 3. The first-order valence-corrected chi connectivity index (χ1v) is 9.68. The number of benzene rings is 1. The maximum absolute atomic E-state index is 11.1. The molecule has 6 heteroatoms. The molecule has 1 saturated carbocycles. The monoisotopic (exact) mass is 375 g/mol. The van der Waals surface area contributed by atoms with Crippen LogP contribution in [-0.4, -0.2) is 39.3 Å². The van der Waals surface area contributed by atoms with Crippen molar-refractivity contribution in [2.45, 2.75) is 39.2 Å². The van der Waals surface area contributed by atoms with E-state index in [0.717, 1.165) is 62.1 Å². The van der Waals surface area contributed by atoms with Crippen LogP contribution in [0.1, 0.15) is 38.2 Å². The van der Waals surface area contributed by atoms with Crippen molar-refractivity contribution in [2.24, 2.45) is 11.8 Å². The van der Waals surface area contributed by atoms with Crippen molar-refractivity contribution in [3.05, 3.63) is 41.0 Å². The Morgan fingerprint density at radius 2 is 2.12 bits per heavy atom. The van der Waals surface area contributed by atoms with E-state index < -0.39 is 5.97 Å². The van der Waals surface area contributed by atoms with Gasteiger partial charge in [0.15, 0.2) is 0 Å². The Morgan fingerprint density at radius 3 is 2.77 bits per heavy atom. The molecule has 0 radical (unpaired) electrons. The molecule has 2 aromatic rings. The molecule has 1 fully saturated rings. The van der Waals surface area contributed by atoms with Gasteiger partial charge >= 0.3 is 5.97 Å².